The zero-order valence-electron chi connectivity index (χ0n) is 17.2. The van der Waals surface area contributed by atoms with Gasteiger partial charge in [-0.3, -0.25) is 4.99 Å². The first-order valence-corrected chi connectivity index (χ1v) is 10.2. The van der Waals surface area contributed by atoms with Gasteiger partial charge in [0.25, 0.3) is 0 Å². The van der Waals surface area contributed by atoms with E-state index in [9.17, 15) is 0 Å². The molecule has 0 radical (unpaired) electrons. The van der Waals surface area contributed by atoms with Crippen molar-refractivity contribution in [2.24, 2.45) is 15.9 Å². The van der Waals surface area contributed by atoms with Crippen LogP contribution < -0.4 is 5.01 Å². The first-order chi connectivity index (χ1) is 14.7. The molecule has 3 heterocycles. The minimum absolute atomic E-state index is 0.422. The zero-order valence-corrected chi connectivity index (χ0v) is 17.2. The van der Waals surface area contributed by atoms with E-state index in [4.69, 9.17) is 4.98 Å². The molecule has 1 unspecified atom stereocenters. The molecule has 30 heavy (non-hydrogen) atoms. The van der Waals surface area contributed by atoms with Crippen LogP contribution in [-0.4, -0.2) is 28.7 Å². The Morgan fingerprint density at radius 3 is 2.63 bits per heavy atom. The van der Waals surface area contributed by atoms with E-state index in [1.165, 1.54) is 0 Å². The molecule has 3 aromatic rings. The molecular formula is C25H24N5+. The Hall–Kier alpha value is -3.57. The fourth-order valence-electron chi connectivity index (χ4n) is 3.98. The van der Waals surface area contributed by atoms with Crippen LogP contribution in [0.1, 0.15) is 13.8 Å². The molecule has 5 nitrogen and oxygen atoms in total. The molecule has 0 aliphatic carbocycles. The number of allylic oxidation sites excluding steroid dienone is 1. The molecule has 0 saturated carbocycles. The van der Waals surface area contributed by atoms with Crippen LogP contribution in [0.15, 0.2) is 94.9 Å². The smallest absolute Gasteiger partial charge is 0.225 e. The van der Waals surface area contributed by atoms with Crippen molar-refractivity contribution in [2.45, 2.75) is 13.8 Å². The molecule has 0 amide bonds. The molecule has 148 valence electrons. The van der Waals surface area contributed by atoms with Crippen LogP contribution in [0.25, 0.3) is 22.2 Å². The summed E-state index contributed by atoms with van der Waals surface area (Å²) in [4.78, 5) is 13.7. The molecule has 1 aromatic heterocycles. The van der Waals surface area contributed by atoms with Gasteiger partial charge in [-0.2, -0.15) is 0 Å². The normalized spacial score (nSPS) is 19.4. The van der Waals surface area contributed by atoms with Gasteiger partial charge in [0, 0.05) is 10.9 Å². The van der Waals surface area contributed by atoms with Crippen LogP contribution in [0.3, 0.4) is 0 Å². The van der Waals surface area contributed by atoms with E-state index in [0.717, 1.165) is 40.1 Å². The fraction of sp³-hybridized carbons (Fsp3) is 0.160. The first-order valence-electron chi connectivity index (χ1n) is 10.2. The molecule has 2 aliphatic heterocycles. The van der Waals surface area contributed by atoms with Gasteiger partial charge in [-0.1, -0.05) is 56.3 Å². The van der Waals surface area contributed by atoms with Crippen LogP contribution in [0.2, 0.25) is 0 Å². The van der Waals surface area contributed by atoms with Crippen molar-refractivity contribution in [3.8, 4) is 11.3 Å². The van der Waals surface area contributed by atoms with Crippen LogP contribution >= 0.6 is 0 Å². The number of aliphatic imine (C=N–C) groups is 2. The van der Waals surface area contributed by atoms with Crippen molar-refractivity contribution < 1.29 is 4.59 Å². The summed E-state index contributed by atoms with van der Waals surface area (Å²) < 4.78 is 0.422. The largest absolute Gasteiger partial charge is 0.253 e. The van der Waals surface area contributed by atoms with Crippen molar-refractivity contribution in [1.82, 2.24) is 4.98 Å². The van der Waals surface area contributed by atoms with Gasteiger partial charge in [-0.25, -0.2) is 15.0 Å². The second-order valence-corrected chi connectivity index (χ2v) is 8.05. The molecular weight excluding hydrogens is 370 g/mol. The number of nitrogens with zero attached hydrogens (tertiary/aromatic N) is 5. The highest BCUT2D eigenvalue weighted by Crippen LogP contribution is 2.34. The molecule has 0 N–H and O–H groups in total. The lowest BCUT2D eigenvalue weighted by Crippen LogP contribution is -2.56. The summed E-state index contributed by atoms with van der Waals surface area (Å²) in [6.45, 7) is 5.33. The Morgan fingerprint density at radius 1 is 0.967 bits per heavy atom. The highest BCUT2D eigenvalue weighted by Gasteiger charge is 2.41. The average Bonchev–Trinajstić information content (AvgIpc) is 3.22. The average molecular weight is 395 g/mol. The Morgan fingerprint density at radius 2 is 1.80 bits per heavy atom. The van der Waals surface area contributed by atoms with E-state index in [1.807, 2.05) is 43.2 Å². The third kappa shape index (κ3) is 3.13. The predicted octanol–water partition coefficient (Wildman–Crippen LogP) is 5.53. The molecule has 0 spiro atoms. The Balaban J connectivity index is 1.62. The Labute approximate surface area is 176 Å². The SMILES string of the molecule is CC(C)CN(c1ccc2ccc(-c3ccccc3)nc2c1)[N+]12C=CN=CC1=CN=C2. The van der Waals surface area contributed by atoms with Gasteiger partial charge in [-0.15, -0.1) is 4.59 Å². The molecule has 2 aliphatic rings. The van der Waals surface area contributed by atoms with Crippen LogP contribution in [0.5, 0.6) is 0 Å². The summed E-state index contributed by atoms with van der Waals surface area (Å²) in [7, 11) is 0. The van der Waals surface area contributed by atoms with Crippen LogP contribution in [-0.2, 0) is 0 Å². The number of hydrogen-bond acceptors (Lipinski definition) is 4. The van der Waals surface area contributed by atoms with Gasteiger partial charge >= 0.3 is 0 Å². The Kier molecular flexibility index (Phi) is 4.52. The molecule has 0 saturated heterocycles. The second kappa shape index (κ2) is 7.35. The van der Waals surface area contributed by atoms with Gasteiger partial charge < -0.3 is 0 Å². The van der Waals surface area contributed by atoms with E-state index in [-0.39, 0.29) is 0 Å². The minimum atomic E-state index is 0.422. The van der Waals surface area contributed by atoms with Crippen molar-refractivity contribution in [2.75, 3.05) is 11.6 Å². The number of benzene rings is 2. The highest BCUT2D eigenvalue weighted by atomic mass is 15.8. The Bertz CT molecular complexity index is 1210. The topological polar surface area (TPSA) is 40.9 Å². The number of aromatic nitrogens is 1. The van der Waals surface area contributed by atoms with E-state index >= 15 is 0 Å². The van der Waals surface area contributed by atoms with Gasteiger partial charge in [0.2, 0.25) is 12.0 Å². The summed E-state index contributed by atoms with van der Waals surface area (Å²) in [6, 6.07) is 21.0. The van der Waals surface area contributed by atoms with Crippen molar-refractivity contribution in [1.29, 1.82) is 0 Å². The summed E-state index contributed by atoms with van der Waals surface area (Å²) >= 11 is 0. The zero-order chi connectivity index (χ0) is 20.6. The van der Waals surface area contributed by atoms with Gasteiger partial charge in [-0.05, 0) is 24.1 Å². The summed E-state index contributed by atoms with van der Waals surface area (Å²) in [6.07, 6.45) is 9.63. The quantitative estimate of drug-likeness (QED) is 0.534. The number of quaternary nitrogens is 1. The highest BCUT2D eigenvalue weighted by molar-refractivity contribution is 5.86. The second-order valence-electron chi connectivity index (χ2n) is 8.05. The minimum Gasteiger partial charge on any atom is -0.253 e. The van der Waals surface area contributed by atoms with Crippen LogP contribution in [0.4, 0.5) is 5.69 Å². The predicted molar refractivity (Wildman–Crippen MR) is 124 cm³/mol. The molecule has 2 aromatic carbocycles. The molecule has 0 bridgehead atoms. The molecule has 5 rings (SSSR count). The third-order valence-electron chi connectivity index (χ3n) is 5.43. The summed E-state index contributed by atoms with van der Waals surface area (Å²) in [5.41, 5.74) is 5.23. The van der Waals surface area contributed by atoms with E-state index in [1.54, 1.807) is 0 Å². The summed E-state index contributed by atoms with van der Waals surface area (Å²) in [5.74, 6) is 0.472. The molecule has 5 heteroatoms. The number of fused-ring (bicyclic) bond motifs is 2. The van der Waals surface area contributed by atoms with Crippen molar-refractivity contribution in [3.63, 3.8) is 0 Å². The van der Waals surface area contributed by atoms with E-state index in [0.29, 0.717) is 10.5 Å². The standard InChI is InChI=1S/C25H24N5/c1-19(2)17-29(30-13-12-26-15-23(30)16-27-18-30)22-10-8-21-9-11-24(28-25(21)14-22)20-6-4-3-5-7-20/h3-16,18-19H,17H2,1-2H3/q+1. The molecule has 1 atom stereocenters. The maximum absolute atomic E-state index is 4.97. The number of rotatable bonds is 5. The van der Waals surface area contributed by atoms with E-state index < -0.39 is 0 Å². The molecule has 0 fully saturated rings. The van der Waals surface area contributed by atoms with Gasteiger partial charge in [0.15, 0.2) is 6.20 Å². The third-order valence-corrected chi connectivity index (χ3v) is 5.43. The maximum atomic E-state index is 4.97. The maximum Gasteiger partial charge on any atom is 0.225 e. The lowest BCUT2D eigenvalue weighted by atomic mass is 10.1. The summed E-state index contributed by atoms with van der Waals surface area (Å²) in [5, 5.41) is 3.48. The fourth-order valence-corrected chi connectivity index (χ4v) is 3.98. The van der Waals surface area contributed by atoms with Crippen molar-refractivity contribution >= 4 is 29.1 Å². The number of anilines is 1. The van der Waals surface area contributed by atoms with Gasteiger partial charge in [0.05, 0.1) is 42.1 Å². The van der Waals surface area contributed by atoms with E-state index in [2.05, 4.69) is 77.5 Å². The number of pyridine rings is 1. The lowest BCUT2D eigenvalue weighted by molar-refractivity contribution is -0.742. The first kappa shape index (κ1) is 18.5. The monoisotopic (exact) mass is 394 g/mol. The van der Waals surface area contributed by atoms with Crippen molar-refractivity contribution in [3.05, 3.63) is 85.0 Å². The van der Waals surface area contributed by atoms with Crippen LogP contribution in [0, 0.1) is 5.92 Å². The number of hydrogen-bond donors (Lipinski definition) is 0. The lowest BCUT2D eigenvalue weighted by Gasteiger charge is -2.40. The van der Waals surface area contributed by atoms with Gasteiger partial charge in [0.1, 0.15) is 0 Å².